The van der Waals surface area contributed by atoms with Gasteiger partial charge in [-0.3, -0.25) is 4.90 Å². The molecule has 40 heavy (non-hydrogen) atoms. The summed E-state index contributed by atoms with van der Waals surface area (Å²) in [5.74, 6) is -0.698. The molecule has 1 aliphatic carbocycles. The summed E-state index contributed by atoms with van der Waals surface area (Å²) < 4.78 is 38.0. The molecule has 5 aromatic rings. The van der Waals surface area contributed by atoms with E-state index in [-0.39, 0.29) is 18.2 Å². The summed E-state index contributed by atoms with van der Waals surface area (Å²) >= 11 is 0. The van der Waals surface area contributed by atoms with Crippen molar-refractivity contribution in [2.75, 3.05) is 32.0 Å². The van der Waals surface area contributed by atoms with Crippen LogP contribution in [-0.4, -0.2) is 61.6 Å². The third kappa shape index (κ3) is 4.41. The Hall–Kier alpha value is -3.89. The Bertz CT molecular complexity index is 1660. The van der Waals surface area contributed by atoms with Crippen LogP contribution < -0.4 is 5.73 Å². The van der Waals surface area contributed by atoms with Crippen LogP contribution in [0.15, 0.2) is 55.0 Å². The first-order chi connectivity index (χ1) is 19.6. The smallest absolute Gasteiger partial charge is 0.164 e. The first-order valence-corrected chi connectivity index (χ1v) is 13.9. The van der Waals surface area contributed by atoms with Crippen LogP contribution in [-0.2, 0) is 11.3 Å². The maximum Gasteiger partial charge on any atom is 0.164 e. The number of aromatic nitrogens is 5. The summed E-state index contributed by atoms with van der Waals surface area (Å²) in [7, 11) is 0. The number of nitrogens with two attached hydrogens (primary N) is 1. The molecule has 10 heteroatoms. The number of hydrogen-bond acceptors (Lipinski definition) is 6. The lowest BCUT2D eigenvalue weighted by atomic mass is 9.90. The molecule has 2 aliphatic rings. The zero-order chi connectivity index (χ0) is 27.2. The molecule has 0 atom stereocenters. The molecule has 1 saturated carbocycles. The molecule has 206 valence electrons. The van der Waals surface area contributed by atoms with Gasteiger partial charge in [0, 0.05) is 47.4 Å². The minimum absolute atomic E-state index is 0.0436. The van der Waals surface area contributed by atoms with Gasteiger partial charge in [0.1, 0.15) is 29.5 Å². The van der Waals surface area contributed by atoms with Crippen LogP contribution in [0.3, 0.4) is 0 Å². The third-order valence-electron chi connectivity index (χ3n) is 8.53. The maximum absolute atomic E-state index is 14.3. The second-order valence-corrected chi connectivity index (χ2v) is 10.8. The van der Waals surface area contributed by atoms with E-state index in [0.29, 0.717) is 11.9 Å². The van der Waals surface area contributed by atoms with Crippen molar-refractivity contribution in [2.24, 2.45) is 0 Å². The molecule has 8 nitrogen and oxygen atoms in total. The van der Waals surface area contributed by atoms with E-state index in [9.17, 15) is 8.78 Å². The van der Waals surface area contributed by atoms with Crippen LogP contribution in [0.1, 0.15) is 37.3 Å². The van der Waals surface area contributed by atoms with Gasteiger partial charge in [-0.25, -0.2) is 23.4 Å². The van der Waals surface area contributed by atoms with Gasteiger partial charge >= 0.3 is 0 Å². The molecular weight excluding hydrogens is 512 g/mol. The zero-order valence-electron chi connectivity index (χ0n) is 22.1. The minimum Gasteiger partial charge on any atom is -0.383 e. The second kappa shape index (κ2) is 10.3. The molecule has 3 aromatic heterocycles. The Morgan fingerprint density at radius 2 is 1.68 bits per heavy atom. The van der Waals surface area contributed by atoms with Gasteiger partial charge in [0.15, 0.2) is 5.65 Å². The Balaban J connectivity index is 1.20. The fourth-order valence-electron chi connectivity index (χ4n) is 6.40. The van der Waals surface area contributed by atoms with E-state index >= 15 is 0 Å². The predicted molar refractivity (Wildman–Crippen MR) is 150 cm³/mol. The van der Waals surface area contributed by atoms with E-state index in [1.54, 1.807) is 0 Å². The number of nitrogens with zero attached hydrogens (tertiary/aromatic N) is 6. The first kappa shape index (κ1) is 25.1. The molecule has 4 heterocycles. The van der Waals surface area contributed by atoms with Crippen molar-refractivity contribution in [3.8, 4) is 11.3 Å². The van der Waals surface area contributed by atoms with E-state index in [1.807, 2.05) is 35.0 Å². The van der Waals surface area contributed by atoms with E-state index < -0.39 is 11.6 Å². The summed E-state index contributed by atoms with van der Waals surface area (Å²) in [5.41, 5.74) is 9.71. The van der Waals surface area contributed by atoms with Gasteiger partial charge in [0.2, 0.25) is 0 Å². The Labute approximate surface area is 230 Å². The molecule has 0 spiro atoms. The number of anilines is 1. The SMILES string of the molecule is Nc1ncnc2c1c(-c1ccc3c(ccn3Cc3c(F)cccc3F)c1)nn2[C@H]1CC[C@H](N2CCOCC2)CC1. The van der Waals surface area contributed by atoms with Gasteiger partial charge < -0.3 is 15.0 Å². The number of fused-ring (bicyclic) bond motifs is 2. The van der Waals surface area contributed by atoms with Crippen molar-refractivity contribution < 1.29 is 13.5 Å². The van der Waals surface area contributed by atoms with Crippen molar-refractivity contribution in [1.82, 2.24) is 29.2 Å². The number of benzene rings is 2. The summed E-state index contributed by atoms with van der Waals surface area (Å²) in [6.07, 6.45) is 7.63. The van der Waals surface area contributed by atoms with Crippen LogP contribution in [0.2, 0.25) is 0 Å². The normalized spacial score (nSPS) is 20.4. The number of halogens is 2. The Morgan fingerprint density at radius 1 is 0.925 bits per heavy atom. The van der Waals surface area contributed by atoms with Crippen molar-refractivity contribution in [3.05, 3.63) is 72.2 Å². The molecular formula is C30H31F2N7O. The van der Waals surface area contributed by atoms with E-state index in [4.69, 9.17) is 15.6 Å². The van der Waals surface area contributed by atoms with Gasteiger partial charge in [0.25, 0.3) is 0 Å². The number of rotatable bonds is 5. The highest BCUT2D eigenvalue weighted by molar-refractivity contribution is 6.00. The van der Waals surface area contributed by atoms with Gasteiger partial charge in [-0.2, -0.15) is 5.10 Å². The Kier molecular flexibility index (Phi) is 6.44. The molecule has 0 unspecified atom stereocenters. The molecule has 7 rings (SSSR count). The summed E-state index contributed by atoms with van der Waals surface area (Å²) in [5, 5.41) is 6.78. The largest absolute Gasteiger partial charge is 0.383 e. The van der Waals surface area contributed by atoms with Gasteiger partial charge in [0.05, 0.1) is 31.2 Å². The summed E-state index contributed by atoms with van der Waals surface area (Å²) in [6.45, 7) is 3.75. The average Bonchev–Trinajstić information content (AvgIpc) is 3.58. The fraction of sp³-hybridized carbons (Fsp3) is 0.367. The van der Waals surface area contributed by atoms with Crippen LogP contribution in [0, 0.1) is 11.6 Å². The molecule has 2 fully saturated rings. The third-order valence-corrected chi connectivity index (χ3v) is 8.53. The second-order valence-electron chi connectivity index (χ2n) is 10.8. The highest BCUT2D eigenvalue weighted by Crippen LogP contribution is 2.38. The lowest BCUT2D eigenvalue weighted by Crippen LogP contribution is -2.45. The maximum atomic E-state index is 14.3. The van der Waals surface area contributed by atoms with Crippen molar-refractivity contribution in [3.63, 3.8) is 0 Å². The Morgan fingerprint density at radius 3 is 2.45 bits per heavy atom. The summed E-state index contributed by atoms with van der Waals surface area (Å²) in [4.78, 5) is 11.4. The number of morpholine rings is 1. The van der Waals surface area contributed by atoms with Crippen LogP contribution in [0.4, 0.5) is 14.6 Å². The van der Waals surface area contributed by atoms with Crippen molar-refractivity contribution in [2.45, 2.75) is 44.3 Å². The molecule has 2 aromatic carbocycles. The van der Waals surface area contributed by atoms with Crippen molar-refractivity contribution >= 4 is 27.8 Å². The lowest BCUT2D eigenvalue weighted by molar-refractivity contribution is 0.00520. The summed E-state index contributed by atoms with van der Waals surface area (Å²) in [6, 6.07) is 12.7. The quantitative estimate of drug-likeness (QED) is 0.329. The van der Waals surface area contributed by atoms with E-state index in [1.165, 1.54) is 24.5 Å². The highest BCUT2D eigenvalue weighted by Gasteiger charge is 2.30. The van der Waals surface area contributed by atoms with E-state index in [0.717, 1.165) is 85.2 Å². The van der Waals surface area contributed by atoms with Crippen molar-refractivity contribution in [1.29, 1.82) is 0 Å². The number of ether oxygens (including phenoxy) is 1. The molecule has 0 radical (unpaired) electrons. The minimum atomic E-state index is -0.551. The molecule has 0 amide bonds. The monoisotopic (exact) mass is 543 g/mol. The van der Waals surface area contributed by atoms with Crippen LogP contribution in [0.25, 0.3) is 33.2 Å². The average molecular weight is 544 g/mol. The highest BCUT2D eigenvalue weighted by atomic mass is 19.1. The number of nitrogen functional groups attached to an aromatic ring is 1. The van der Waals surface area contributed by atoms with Gasteiger partial charge in [-0.1, -0.05) is 12.1 Å². The first-order valence-electron chi connectivity index (χ1n) is 13.9. The zero-order valence-corrected chi connectivity index (χ0v) is 22.1. The van der Waals surface area contributed by atoms with Crippen LogP contribution in [0.5, 0.6) is 0 Å². The fourth-order valence-corrected chi connectivity index (χ4v) is 6.40. The lowest BCUT2D eigenvalue weighted by Gasteiger charge is -2.38. The van der Waals surface area contributed by atoms with Gasteiger partial charge in [-0.05, 0) is 56.0 Å². The standard InChI is InChI=1S/C30H31F2N7O/c31-24-2-1-3-25(32)23(24)17-38-11-10-19-16-20(4-9-26(19)38)28-27-29(33)34-18-35-30(27)39(36-28)22-7-5-21(6-8-22)37-12-14-40-15-13-37/h1-4,9-11,16,18,21-22H,5-8,12-15,17H2,(H2,33,34,35)/t21-,22-. The number of hydrogen-bond donors (Lipinski definition) is 1. The van der Waals surface area contributed by atoms with Crippen LogP contribution >= 0.6 is 0 Å². The van der Waals surface area contributed by atoms with E-state index in [2.05, 4.69) is 19.5 Å². The predicted octanol–water partition coefficient (Wildman–Crippen LogP) is 5.17. The molecule has 1 aliphatic heterocycles. The molecule has 0 bridgehead atoms. The molecule has 1 saturated heterocycles. The van der Waals surface area contributed by atoms with Gasteiger partial charge in [-0.15, -0.1) is 0 Å². The molecule has 2 N–H and O–H groups in total. The topological polar surface area (TPSA) is 87.0 Å².